The standard InChI is InChI=1S/C6H14O2.C5H12O2.C2H6O/c1-3-8-6-4-5-7-2;1-3-7-5-4-6-2;1-3-2/h3-6H2,1-2H3;3-5H2,1-2H3;1-2H3/i3*1T. The highest BCUT2D eigenvalue weighted by Gasteiger charge is 1.82. The monoisotopic (exact) mass is 274 g/mol. The van der Waals surface area contributed by atoms with Crippen LogP contribution in [0.25, 0.3) is 0 Å². The third-order valence-electron chi connectivity index (χ3n) is 1.36. The predicted molar refractivity (Wildman–Crippen MR) is 74.3 cm³/mol. The molecule has 0 saturated heterocycles. The van der Waals surface area contributed by atoms with E-state index in [9.17, 15) is 0 Å². The van der Waals surface area contributed by atoms with Crippen LogP contribution in [0, 0.1) is 0 Å². The van der Waals surface area contributed by atoms with E-state index >= 15 is 0 Å². The van der Waals surface area contributed by atoms with Gasteiger partial charge in [-0.25, -0.2) is 0 Å². The smallest absolute Gasteiger partial charge is 0.0700 e. The molecule has 0 saturated carbocycles. The predicted octanol–water partition coefficient (Wildman–Crippen LogP) is 1.99. The largest absolute Gasteiger partial charge is 0.388 e. The van der Waals surface area contributed by atoms with Crippen LogP contribution in [0.4, 0.5) is 0 Å². The van der Waals surface area contributed by atoms with Gasteiger partial charge in [-0.1, -0.05) is 0 Å². The first kappa shape index (κ1) is 15.9. The number of ether oxygens (including phenoxy) is 5. The molecule has 0 rings (SSSR count). The van der Waals surface area contributed by atoms with Gasteiger partial charge < -0.3 is 23.7 Å². The molecule has 0 aromatic rings. The molecule has 5 nitrogen and oxygen atoms in total. The molecule has 0 aliphatic rings. The van der Waals surface area contributed by atoms with Crippen molar-refractivity contribution in [2.45, 2.75) is 20.2 Å². The Labute approximate surface area is 117 Å². The fourth-order valence-electron chi connectivity index (χ4n) is 0.652. The van der Waals surface area contributed by atoms with Gasteiger partial charge in [0.2, 0.25) is 0 Å². The number of methoxy groups -OCH3 is 3. The highest BCUT2D eigenvalue weighted by Crippen LogP contribution is 1.81. The lowest BCUT2D eigenvalue weighted by atomic mass is 10.5. The summed E-state index contributed by atoms with van der Waals surface area (Å²) in [6.07, 6.45) is 0.927. The molecule has 0 unspecified atom stereocenters. The minimum Gasteiger partial charge on any atom is -0.388 e. The van der Waals surface area contributed by atoms with Gasteiger partial charge in [-0.15, -0.1) is 0 Å². The minimum absolute atomic E-state index is 0.0694. The number of rotatable bonds is 9. The van der Waals surface area contributed by atoms with Crippen LogP contribution in [0.2, 0.25) is 0 Å². The van der Waals surface area contributed by atoms with E-state index < -0.39 is 0 Å². The third-order valence-corrected chi connectivity index (χ3v) is 1.36. The molecule has 0 fully saturated rings. The maximum Gasteiger partial charge on any atom is 0.0700 e. The average Bonchev–Trinajstić information content (AvgIpc) is 2.52. The number of hydrogen-bond donors (Lipinski definition) is 0. The summed E-state index contributed by atoms with van der Waals surface area (Å²) >= 11 is 0. The summed E-state index contributed by atoms with van der Waals surface area (Å²) in [7, 11) is 4.86. The molecule has 0 atom stereocenters. The Morgan fingerprint density at radius 1 is 0.778 bits per heavy atom. The van der Waals surface area contributed by atoms with E-state index in [1.807, 2.05) is 0 Å². The Balaban J connectivity index is -0.000000249. The zero-order valence-corrected chi connectivity index (χ0v) is 12.1. The van der Waals surface area contributed by atoms with Crippen LogP contribution in [0.15, 0.2) is 0 Å². The van der Waals surface area contributed by atoms with Crippen molar-refractivity contribution in [3.8, 4) is 0 Å². The second-order valence-electron chi connectivity index (χ2n) is 2.85. The Morgan fingerprint density at radius 3 is 1.78 bits per heavy atom. The molecule has 0 N–H and O–H groups in total. The quantitative estimate of drug-likeness (QED) is 0.602. The highest BCUT2D eigenvalue weighted by molar-refractivity contribution is 4.30. The first-order chi connectivity index (χ1) is 10.2. The van der Waals surface area contributed by atoms with Crippen molar-refractivity contribution in [3.05, 3.63) is 0 Å². The minimum atomic E-state index is 0.0694. The molecule has 0 aliphatic carbocycles. The topological polar surface area (TPSA) is 46.2 Å². The number of hydrogen-bond acceptors (Lipinski definition) is 5. The molecule has 0 bridgehead atoms. The van der Waals surface area contributed by atoms with Gasteiger partial charge in [-0.3, -0.25) is 0 Å². The van der Waals surface area contributed by atoms with E-state index in [0.29, 0.717) is 46.8 Å². The lowest BCUT2D eigenvalue weighted by Crippen LogP contribution is -2.00. The van der Waals surface area contributed by atoms with Crippen molar-refractivity contribution >= 4 is 0 Å². The first-order valence-corrected chi connectivity index (χ1v) is 5.75. The Hall–Kier alpha value is -0.200. The van der Waals surface area contributed by atoms with Crippen LogP contribution in [0.3, 0.4) is 0 Å². The van der Waals surface area contributed by atoms with Crippen LogP contribution >= 0.6 is 0 Å². The zero-order chi connectivity index (χ0) is 16.6. The summed E-state index contributed by atoms with van der Waals surface area (Å²) in [5.41, 5.74) is 0. The molecule has 0 aromatic carbocycles. The van der Waals surface area contributed by atoms with Gasteiger partial charge in [0.05, 0.1) is 14.6 Å². The van der Waals surface area contributed by atoms with Crippen LogP contribution in [-0.4, -0.2) is 68.1 Å². The van der Waals surface area contributed by atoms with Gasteiger partial charge in [0.25, 0.3) is 0 Å². The molecule has 0 amide bonds. The second-order valence-corrected chi connectivity index (χ2v) is 2.85. The summed E-state index contributed by atoms with van der Waals surface area (Å²) in [6.45, 7) is 4.45. The van der Waals surface area contributed by atoms with Gasteiger partial charge in [-0.05, 0) is 20.2 Å². The molecule has 0 spiro atoms. The Bertz CT molecular complexity index is 131. The maximum absolute atomic E-state index is 6.73. The third kappa shape index (κ3) is 44.7. The van der Waals surface area contributed by atoms with E-state index in [-0.39, 0.29) is 7.09 Å². The van der Waals surface area contributed by atoms with Gasteiger partial charge in [0.15, 0.2) is 0 Å². The Morgan fingerprint density at radius 2 is 1.33 bits per heavy atom. The summed E-state index contributed by atoms with van der Waals surface area (Å²) in [5, 5.41) is 0. The first-order valence-electron chi connectivity index (χ1n) is 7.87. The van der Waals surface area contributed by atoms with Crippen LogP contribution in [-0.2, 0) is 23.7 Å². The van der Waals surface area contributed by atoms with Crippen LogP contribution < -0.4 is 0 Å². The van der Waals surface area contributed by atoms with Crippen molar-refractivity contribution in [3.63, 3.8) is 0 Å². The van der Waals surface area contributed by atoms with Gasteiger partial charge >= 0.3 is 0 Å². The van der Waals surface area contributed by atoms with E-state index in [1.165, 1.54) is 7.11 Å². The molecule has 0 heterocycles. The van der Waals surface area contributed by atoms with Gasteiger partial charge in [-0.2, -0.15) is 0 Å². The normalized spacial score (nSPS) is 11.2. The molecular weight excluding hydrogens is 236 g/mol. The molecule has 5 heteroatoms. The van der Waals surface area contributed by atoms with E-state index in [4.69, 9.17) is 23.1 Å². The van der Waals surface area contributed by atoms with E-state index in [0.717, 1.165) is 13.0 Å². The Kier molecular flexibility index (Phi) is 26.5. The summed E-state index contributed by atoms with van der Waals surface area (Å²) in [4.78, 5) is 0. The molecule has 114 valence electrons. The summed E-state index contributed by atoms with van der Waals surface area (Å²) < 4.78 is 43.3. The van der Waals surface area contributed by atoms with Crippen molar-refractivity contribution in [1.29, 1.82) is 0 Å². The fourth-order valence-corrected chi connectivity index (χ4v) is 0.652. The van der Waals surface area contributed by atoms with Crippen molar-refractivity contribution in [1.82, 2.24) is 0 Å². The SMILES string of the molecule is [3H]CCOCCCOC.[3H]CCOCCOC.[3H]COC. The van der Waals surface area contributed by atoms with E-state index in [2.05, 4.69) is 4.74 Å². The molecule has 0 aliphatic heterocycles. The van der Waals surface area contributed by atoms with Crippen LogP contribution in [0.5, 0.6) is 0 Å². The lowest BCUT2D eigenvalue weighted by molar-refractivity contribution is 0.0777. The van der Waals surface area contributed by atoms with Crippen molar-refractivity contribution in [2.75, 3.05) is 68.1 Å². The molecule has 0 radical (unpaired) electrons. The zero-order valence-electron chi connectivity index (χ0n) is 15.1. The van der Waals surface area contributed by atoms with E-state index in [1.54, 1.807) is 14.2 Å². The molecule has 0 aromatic heterocycles. The highest BCUT2D eigenvalue weighted by atomic mass is 16.5. The van der Waals surface area contributed by atoms with Crippen molar-refractivity contribution < 1.29 is 27.8 Å². The maximum atomic E-state index is 6.73. The summed E-state index contributed by atoms with van der Waals surface area (Å²) in [5.74, 6) is 0. The fraction of sp³-hybridized carbons (Fsp3) is 1.00. The molecular formula is C13H32O5. The van der Waals surface area contributed by atoms with Gasteiger partial charge in [0.1, 0.15) is 0 Å². The van der Waals surface area contributed by atoms with Crippen LogP contribution in [0.1, 0.15) is 24.3 Å². The van der Waals surface area contributed by atoms with Crippen molar-refractivity contribution in [2.24, 2.45) is 0 Å². The second kappa shape index (κ2) is 30.1. The van der Waals surface area contributed by atoms with Gasteiger partial charge in [0, 0.05) is 57.6 Å². The summed E-state index contributed by atoms with van der Waals surface area (Å²) in [6, 6.07) is 0. The lowest BCUT2D eigenvalue weighted by Gasteiger charge is -1.97. The molecule has 18 heavy (non-hydrogen) atoms. The average molecular weight is 274 g/mol.